The second-order valence-corrected chi connectivity index (χ2v) is 6.75. The fourth-order valence-electron chi connectivity index (χ4n) is 3.08. The van der Waals surface area contributed by atoms with Gasteiger partial charge in [0.25, 0.3) is 11.8 Å². The average Bonchev–Trinajstić information content (AvgIpc) is 3.22. The van der Waals surface area contributed by atoms with Crippen LogP contribution in [0.2, 0.25) is 0 Å². The van der Waals surface area contributed by atoms with Crippen LogP contribution in [-0.2, 0) is 0 Å². The van der Waals surface area contributed by atoms with Crippen LogP contribution >= 0.6 is 0 Å². The molecule has 3 aromatic rings. The lowest BCUT2D eigenvalue weighted by Crippen LogP contribution is -2.26. The van der Waals surface area contributed by atoms with Crippen molar-refractivity contribution in [1.29, 1.82) is 0 Å². The van der Waals surface area contributed by atoms with Crippen molar-refractivity contribution in [3.63, 3.8) is 0 Å². The van der Waals surface area contributed by atoms with Crippen molar-refractivity contribution < 1.29 is 19.1 Å². The van der Waals surface area contributed by atoms with Crippen molar-refractivity contribution in [3.05, 3.63) is 83.4 Å². The third-order valence-electron chi connectivity index (χ3n) is 4.82. The van der Waals surface area contributed by atoms with E-state index in [1.165, 1.54) is 0 Å². The summed E-state index contributed by atoms with van der Waals surface area (Å²) in [6.45, 7) is 2.03. The Morgan fingerprint density at radius 3 is 2.41 bits per heavy atom. The van der Waals surface area contributed by atoms with E-state index in [4.69, 9.17) is 9.47 Å². The highest BCUT2D eigenvalue weighted by Gasteiger charge is 2.18. The van der Waals surface area contributed by atoms with Crippen LogP contribution in [0.4, 0.5) is 11.4 Å². The van der Waals surface area contributed by atoms with Gasteiger partial charge in [0.05, 0.1) is 0 Å². The molecule has 1 aliphatic heterocycles. The second-order valence-electron chi connectivity index (χ2n) is 6.75. The smallest absolute Gasteiger partial charge is 0.258 e. The van der Waals surface area contributed by atoms with Crippen molar-refractivity contribution in [2.24, 2.45) is 0 Å². The Morgan fingerprint density at radius 1 is 0.897 bits per heavy atom. The predicted octanol–water partition coefficient (Wildman–Crippen LogP) is 4.25. The molecule has 1 N–H and O–H groups in total. The van der Waals surface area contributed by atoms with Crippen LogP contribution in [0.1, 0.15) is 26.3 Å². The topological polar surface area (TPSA) is 67.9 Å². The molecular weight excluding hydrogens is 368 g/mol. The van der Waals surface area contributed by atoms with Crippen LogP contribution < -0.4 is 19.7 Å². The fourth-order valence-corrected chi connectivity index (χ4v) is 3.08. The summed E-state index contributed by atoms with van der Waals surface area (Å²) in [6, 6.07) is 19.7. The molecule has 0 saturated heterocycles. The number of anilines is 2. The second kappa shape index (κ2) is 7.67. The lowest BCUT2D eigenvalue weighted by atomic mass is 10.1. The first-order valence-corrected chi connectivity index (χ1v) is 9.18. The number of carbonyl (C=O) groups excluding carboxylic acids is 2. The molecule has 0 radical (unpaired) electrons. The standard InChI is InChI=1S/C23H20N2O4/c1-15-8-9-17(23(27)25(2)18-6-4-3-5-7-18)12-19(15)24-22(26)16-10-11-20-21(13-16)29-14-28-20/h3-13H,14H2,1-2H3,(H,24,26). The fraction of sp³-hybridized carbons (Fsp3) is 0.130. The van der Waals surface area contributed by atoms with E-state index in [0.717, 1.165) is 11.3 Å². The zero-order valence-electron chi connectivity index (χ0n) is 16.1. The monoisotopic (exact) mass is 388 g/mol. The SMILES string of the molecule is Cc1ccc(C(=O)N(C)c2ccccc2)cc1NC(=O)c1ccc2c(c1)OCO2. The van der Waals surface area contributed by atoms with Crippen molar-refractivity contribution in [2.75, 3.05) is 24.1 Å². The van der Waals surface area contributed by atoms with E-state index >= 15 is 0 Å². The molecule has 6 heteroatoms. The molecule has 3 aromatic carbocycles. The van der Waals surface area contributed by atoms with Gasteiger partial charge in [0, 0.05) is 29.5 Å². The van der Waals surface area contributed by atoms with Crippen LogP contribution in [0, 0.1) is 6.92 Å². The lowest BCUT2D eigenvalue weighted by Gasteiger charge is -2.18. The Morgan fingerprint density at radius 2 is 1.62 bits per heavy atom. The zero-order chi connectivity index (χ0) is 20.4. The Bertz CT molecular complexity index is 1080. The largest absolute Gasteiger partial charge is 0.454 e. The van der Waals surface area contributed by atoms with Crippen molar-refractivity contribution in [2.45, 2.75) is 6.92 Å². The van der Waals surface area contributed by atoms with Gasteiger partial charge in [0.15, 0.2) is 11.5 Å². The number of benzene rings is 3. The van der Waals surface area contributed by atoms with Gasteiger partial charge in [0.2, 0.25) is 6.79 Å². The molecule has 0 aliphatic carbocycles. The number of aryl methyl sites for hydroxylation is 1. The molecule has 0 atom stereocenters. The van der Waals surface area contributed by atoms with Gasteiger partial charge < -0.3 is 19.7 Å². The van der Waals surface area contributed by atoms with Crippen LogP contribution in [-0.4, -0.2) is 25.7 Å². The number of hydrogen-bond donors (Lipinski definition) is 1. The third kappa shape index (κ3) is 3.78. The highest BCUT2D eigenvalue weighted by Crippen LogP contribution is 2.32. The molecule has 146 valence electrons. The minimum atomic E-state index is -0.285. The number of fused-ring (bicyclic) bond motifs is 1. The number of amides is 2. The highest BCUT2D eigenvalue weighted by atomic mass is 16.7. The third-order valence-corrected chi connectivity index (χ3v) is 4.82. The minimum Gasteiger partial charge on any atom is -0.454 e. The Hall–Kier alpha value is -3.80. The molecular formula is C23H20N2O4. The summed E-state index contributed by atoms with van der Waals surface area (Å²) < 4.78 is 10.6. The van der Waals surface area contributed by atoms with Gasteiger partial charge >= 0.3 is 0 Å². The van der Waals surface area contributed by atoms with E-state index < -0.39 is 0 Å². The molecule has 0 saturated carbocycles. The molecule has 0 unspecified atom stereocenters. The molecule has 0 bridgehead atoms. The van der Waals surface area contributed by atoms with E-state index in [9.17, 15) is 9.59 Å². The number of ether oxygens (including phenoxy) is 2. The molecule has 29 heavy (non-hydrogen) atoms. The summed E-state index contributed by atoms with van der Waals surface area (Å²) in [5.74, 6) is 0.722. The highest BCUT2D eigenvalue weighted by molar-refractivity contribution is 6.08. The van der Waals surface area contributed by atoms with Gasteiger partial charge in [0.1, 0.15) is 0 Å². The molecule has 0 fully saturated rings. The maximum absolute atomic E-state index is 12.9. The van der Waals surface area contributed by atoms with Gasteiger partial charge in [-0.15, -0.1) is 0 Å². The Balaban J connectivity index is 1.55. The van der Waals surface area contributed by atoms with E-state index in [1.807, 2.05) is 43.3 Å². The minimum absolute atomic E-state index is 0.151. The average molecular weight is 388 g/mol. The Kier molecular flexibility index (Phi) is 4.91. The molecule has 1 aliphatic rings. The molecule has 6 nitrogen and oxygen atoms in total. The molecule has 1 heterocycles. The summed E-state index contributed by atoms with van der Waals surface area (Å²) in [4.78, 5) is 27.2. The summed E-state index contributed by atoms with van der Waals surface area (Å²) >= 11 is 0. The summed E-state index contributed by atoms with van der Waals surface area (Å²) in [6.07, 6.45) is 0. The van der Waals surface area contributed by atoms with Crippen LogP contribution in [0.5, 0.6) is 11.5 Å². The van der Waals surface area contributed by atoms with E-state index in [2.05, 4.69) is 5.32 Å². The summed E-state index contributed by atoms with van der Waals surface area (Å²) in [7, 11) is 1.72. The molecule has 0 aromatic heterocycles. The normalized spacial score (nSPS) is 11.8. The zero-order valence-corrected chi connectivity index (χ0v) is 16.1. The molecule has 2 amide bonds. The lowest BCUT2D eigenvalue weighted by molar-refractivity contribution is 0.0990. The van der Waals surface area contributed by atoms with Gasteiger partial charge in [-0.2, -0.15) is 0 Å². The van der Waals surface area contributed by atoms with E-state index in [-0.39, 0.29) is 18.6 Å². The van der Waals surface area contributed by atoms with Crippen LogP contribution in [0.3, 0.4) is 0 Å². The first-order chi connectivity index (χ1) is 14.0. The van der Waals surface area contributed by atoms with Gasteiger partial charge in [-0.3, -0.25) is 9.59 Å². The van der Waals surface area contributed by atoms with Gasteiger partial charge in [-0.25, -0.2) is 0 Å². The predicted molar refractivity (Wildman–Crippen MR) is 111 cm³/mol. The molecule has 0 spiro atoms. The van der Waals surface area contributed by atoms with Crippen molar-refractivity contribution in [3.8, 4) is 11.5 Å². The summed E-state index contributed by atoms with van der Waals surface area (Å²) in [5.41, 5.74) is 3.18. The Labute approximate surface area is 168 Å². The number of nitrogens with zero attached hydrogens (tertiary/aromatic N) is 1. The first kappa shape index (κ1) is 18.6. The maximum Gasteiger partial charge on any atom is 0.258 e. The van der Waals surface area contributed by atoms with Gasteiger partial charge in [-0.05, 0) is 55.0 Å². The first-order valence-electron chi connectivity index (χ1n) is 9.18. The number of para-hydroxylation sites is 1. The van der Waals surface area contributed by atoms with Crippen molar-refractivity contribution in [1.82, 2.24) is 0 Å². The number of hydrogen-bond acceptors (Lipinski definition) is 4. The van der Waals surface area contributed by atoms with Gasteiger partial charge in [-0.1, -0.05) is 24.3 Å². The molecule has 4 rings (SSSR count). The number of rotatable bonds is 4. The quantitative estimate of drug-likeness (QED) is 0.725. The number of nitrogens with one attached hydrogen (secondary N) is 1. The number of carbonyl (C=O) groups is 2. The maximum atomic E-state index is 12.9. The van der Waals surface area contributed by atoms with Crippen LogP contribution in [0.15, 0.2) is 66.7 Å². The summed E-state index contributed by atoms with van der Waals surface area (Å²) in [5, 5.41) is 2.89. The van der Waals surface area contributed by atoms with Crippen LogP contribution in [0.25, 0.3) is 0 Å². The van der Waals surface area contributed by atoms with E-state index in [1.54, 1.807) is 42.3 Å². The van der Waals surface area contributed by atoms with Crippen molar-refractivity contribution >= 4 is 23.2 Å². The van der Waals surface area contributed by atoms with E-state index in [0.29, 0.717) is 28.3 Å².